The Labute approximate surface area is 189 Å². The Morgan fingerprint density at radius 2 is 1.17 bits per heavy atom. The van der Waals surface area contributed by atoms with Gasteiger partial charge < -0.3 is 10.0 Å². The zero-order valence-corrected chi connectivity index (χ0v) is 21.0. The van der Waals surface area contributed by atoms with Gasteiger partial charge in [-0.3, -0.25) is 4.79 Å². The normalized spacial score (nSPS) is 10.0. The van der Waals surface area contributed by atoms with Crippen LogP contribution < -0.4 is 10.7 Å². The molecular weight excluding hydrogens is 505 g/mol. The molecule has 0 aromatic heterocycles. The molecule has 0 aliphatic heterocycles. The van der Waals surface area contributed by atoms with E-state index in [0.717, 1.165) is 11.8 Å². The van der Waals surface area contributed by atoms with Crippen LogP contribution in [0.3, 0.4) is 0 Å². The molecule has 0 amide bonds. The van der Waals surface area contributed by atoms with Gasteiger partial charge in [0.2, 0.25) is 0 Å². The Morgan fingerprint density at radius 3 is 1.45 bits per heavy atom. The molecule has 29 heavy (non-hydrogen) atoms. The second kappa shape index (κ2) is 12.7. The fourth-order valence-corrected chi connectivity index (χ4v) is 10.6. The van der Waals surface area contributed by atoms with E-state index in [4.69, 9.17) is 17.3 Å². The van der Waals surface area contributed by atoms with Crippen LogP contribution in [0.4, 0.5) is 0 Å². The van der Waals surface area contributed by atoms with Gasteiger partial charge in [-0.15, -0.1) is 0 Å². The van der Waals surface area contributed by atoms with Crippen molar-refractivity contribution < 1.29 is 9.90 Å². The number of rotatable bonds is 5. The van der Waals surface area contributed by atoms with Crippen molar-refractivity contribution in [3.8, 4) is 0 Å². The van der Waals surface area contributed by atoms with Crippen LogP contribution in [-0.4, -0.2) is 59.9 Å². The van der Waals surface area contributed by atoms with Crippen LogP contribution >= 0.6 is 24.0 Å². The van der Waals surface area contributed by atoms with E-state index < -0.39 is 25.7 Å². The first-order valence-electron chi connectivity index (χ1n) is 9.08. The summed E-state index contributed by atoms with van der Waals surface area (Å²) in [6.45, 7) is 0. The first-order chi connectivity index (χ1) is 14.0. The fraction of sp³-hybridized carbons (Fsp3) is 0.130. The Kier molecular flexibility index (Phi) is 10.2. The van der Waals surface area contributed by atoms with E-state index >= 15 is 0 Å². The Hall–Kier alpha value is -1.83. The maximum atomic E-state index is 10.0. The summed E-state index contributed by atoms with van der Waals surface area (Å²) < 4.78 is 5.19. The molecule has 0 fully saturated rings. The molecule has 3 rings (SSSR count). The predicted octanol–water partition coefficient (Wildman–Crippen LogP) is 2.85. The standard InChI is InChI=1S/3C6H5.C5H9NO2S2.Sn/c3*1-2-4-6-5-3-1;1-6(2)5(9)10-3-4(7)8;/h3*1-5H;3H2,1-2H3,(H,7,8);. The number of aliphatic carboxylic acids is 1. The minimum atomic E-state index is -1.98. The van der Waals surface area contributed by atoms with Crippen molar-refractivity contribution in [1.82, 2.24) is 4.90 Å². The van der Waals surface area contributed by atoms with Crippen molar-refractivity contribution in [2.75, 3.05) is 19.8 Å². The monoisotopic (exact) mass is 530 g/mol. The quantitative estimate of drug-likeness (QED) is 0.407. The van der Waals surface area contributed by atoms with Crippen molar-refractivity contribution in [3.05, 3.63) is 91.0 Å². The molecule has 0 spiro atoms. The first kappa shape index (κ1) is 23.4. The summed E-state index contributed by atoms with van der Waals surface area (Å²) >= 11 is 3.99. The van der Waals surface area contributed by atoms with E-state index in [2.05, 4.69) is 91.0 Å². The van der Waals surface area contributed by atoms with Crippen molar-refractivity contribution >= 4 is 64.8 Å². The second-order valence-electron chi connectivity index (χ2n) is 6.32. The Morgan fingerprint density at radius 1 is 0.828 bits per heavy atom. The van der Waals surface area contributed by atoms with Gasteiger partial charge in [0.1, 0.15) is 4.32 Å². The van der Waals surface area contributed by atoms with Gasteiger partial charge in [-0.2, -0.15) is 0 Å². The molecule has 0 heterocycles. The molecule has 3 aromatic carbocycles. The van der Waals surface area contributed by atoms with Crippen LogP contribution in [0.5, 0.6) is 0 Å². The summed E-state index contributed by atoms with van der Waals surface area (Å²) in [5, 5.41) is 8.25. The molecule has 0 aliphatic carbocycles. The number of nitrogens with zero attached hydrogens (tertiary/aromatic N) is 1. The molecule has 1 radical (unpaired) electrons. The van der Waals surface area contributed by atoms with Crippen molar-refractivity contribution in [2.24, 2.45) is 0 Å². The Balaban J connectivity index is 0.000000257. The fourth-order valence-electron chi connectivity index (χ4n) is 2.57. The number of benzene rings is 3. The Bertz CT molecular complexity index is 797. The summed E-state index contributed by atoms with van der Waals surface area (Å²) in [4.78, 5) is 11.7. The molecule has 1 N–H and O–H groups in total. The summed E-state index contributed by atoms with van der Waals surface area (Å²) in [7, 11) is 3.58. The van der Waals surface area contributed by atoms with E-state index in [-0.39, 0.29) is 5.75 Å². The van der Waals surface area contributed by atoms with Gasteiger partial charge in [0.05, 0.1) is 5.75 Å². The van der Waals surface area contributed by atoms with E-state index in [0.29, 0.717) is 4.32 Å². The number of hydrogen-bond donors (Lipinski definition) is 1. The molecule has 149 valence electrons. The molecule has 3 aromatic rings. The molecule has 6 heteroatoms. The average Bonchev–Trinajstić information content (AvgIpc) is 2.75. The van der Waals surface area contributed by atoms with Gasteiger partial charge in [0.25, 0.3) is 0 Å². The molecule has 3 nitrogen and oxygen atoms in total. The molecular formula is C23H24NO2S2Sn. The molecule has 0 unspecified atom stereocenters. The van der Waals surface area contributed by atoms with E-state index in [1.54, 1.807) is 19.0 Å². The predicted molar refractivity (Wildman–Crippen MR) is 130 cm³/mol. The van der Waals surface area contributed by atoms with Crippen LogP contribution in [0.1, 0.15) is 0 Å². The van der Waals surface area contributed by atoms with Crippen LogP contribution in [0.2, 0.25) is 0 Å². The zero-order valence-electron chi connectivity index (χ0n) is 16.5. The van der Waals surface area contributed by atoms with Gasteiger partial charge >= 0.3 is 127 Å². The topological polar surface area (TPSA) is 40.5 Å². The number of thioether (sulfide) groups is 1. The average molecular weight is 529 g/mol. The van der Waals surface area contributed by atoms with Crippen molar-refractivity contribution in [1.29, 1.82) is 0 Å². The van der Waals surface area contributed by atoms with E-state index in [9.17, 15) is 4.79 Å². The van der Waals surface area contributed by atoms with Crippen LogP contribution in [-0.2, 0) is 4.79 Å². The second-order valence-corrected chi connectivity index (χ2v) is 15.0. The van der Waals surface area contributed by atoms with Gasteiger partial charge in [0.15, 0.2) is 0 Å². The van der Waals surface area contributed by atoms with E-state index in [1.807, 2.05) is 0 Å². The van der Waals surface area contributed by atoms with Crippen molar-refractivity contribution in [2.45, 2.75) is 0 Å². The SMILES string of the molecule is CN(C)C(=S)SCC(=O)O.c1cc[c]([Sn]([c]2ccccc2)[c]2ccccc2)cc1. The minimum absolute atomic E-state index is 0.0387. The summed E-state index contributed by atoms with van der Waals surface area (Å²) in [5.74, 6) is -0.800. The van der Waals surface area contributed by atoms with Crippen LogP contribution in [0, 0.1) is 0 Å². The van der Waals surface area contributed by atoms with Gasteiger partial charge in [-0.25, -0.2) is 0 Å². The van der Waals surface area contributed by atoms with Gasteiger partial charge in [-0.05, 0) is 0 Å². The number of carboxylic acids is 1. The molecule has 0 aliphatic rings. The number of carbonyl (C=O) groups is 1. The first-order valence-corrected chi connectivity index (χ1v) is 14.8. The molecule has 0 atom stereocenters. The number of carboxylic acid groups (broad SMARTS) is 1. The van der Waals surface area contributed by atoms with Crippen LogP contribution in [0.15, 0.2) is 91.0 Å². The summed E-state index contributed by atoms with van der Waals surface area (Å²) in [6, 6.07) is 32.9. The third kappa shape index (κ3) is 8.20. The third-order valence-corrected chi connectivity index (χ3v) is 13.4. The summed E-state index contributed by atoms with van der Waals surface area (Å²) in [6.07, 6.45) is 0. The van der Waals surface area contributed by atoms with E-state index in [1.165, 1.54) is 10.7 Å². The maximum absolute atomic E-state index is 10.0. The number of thiocarbonyl (C=S) groups is 1. The molecule has 0 saturated carbocycles. The zero-order chi connectivity index (χ0) is 21.1. The van der Waals surface area contributed by atoms with Gasteiger partial charge in [-0.1, -0.05) is 24.0 Å². The number of hydrogen-bond acceptors (Lipinski definition) is 3. The third-order valence-electron chi connectivity index (χ3n) is 3.87. The van der Waals surface area contributed by atoms with Gasteiger partial charge in [0, 0.05) is 14.1 Å². The molecule has 0 bridgehead atoms. The summed E-state index contributed by atoms with van der Waals surface area (Å²) in [5.41, 5.74) is 0. The molecule has 0 saturated heterocycles. The van der Waals surface area contributed by atoms with Crippen molar-refractivity contribution in [3.63, 3.8) is 0 Å². The van der Waals surface area contributed by atoms with Crippen LogP contribution in [0.25, 0.3) is 0 Å².